The lowest BCUT2D eigenvalue weighted by atomic mass is 9.89. The van der Waals surface area contributed by atoms with Gasteiger partial charge in [-0.15, -0.1) is 20.2 Å². The maximum atomic E-state index is 12.2. The van der Waals surface area contributed by atoms with E-state index in [1.54, 1.807) is 0 Å². The summed E-state index contributed by atoms with van der Waals surface area (Å²) in [5.41, 5.74) is 1.11. The third-order valence-corrected chi connectivity index (χ3v) is 3.41. The molecule has 0 aromatic carbocycles. The molecule has 10 heteroatoms. The number of hydrogen-bond acceptors (Lipinski definition) is 8. The fourth-order valence-corrected chi connectivity index (χ4v) is 2.34. The van der Waals surface area contributed by atoms with Crippen molar-refractivity contribution in [2.75, 3.05) is 0 Å². The number of aromatic nitrogens is 1. The molecule has 0 aliphatic carbocycles. The first-order chi connectivity index (χ1) is 12.0. The molecule has 10 nitrogen and oxygen atoms in total. The van der Waals surface area contributed by atoms with Gasteiger partial charge in [0.05, 0.1) is 11.4 Å². The Kier molecular flexibility index (Phi) is 7.88. The van der Waals surface area contributed by atoms with E-state index < -0.39 is 23.4 Å². The zero-order valence-corrected chi connectivity index (χ0v) is 15.1. The van der Waals surface area contributed by atoms with Crippen LogP contribution in [0.3, 0.4) is 0 Å². The molecule has 0 saturated heterocycles. The number of carbonyl (C=O) groups is 1. The summed E-state index contributed by atoms with van der Waals surface area (Å²) >= 11 is 0. The van der Waals surface area contributed by atoms with Gasteiger partial charge in [0.25, 0.3) is 10.2 Å². The molecular formula is C16H23N3O7. The van der Waals surface area contributed by atoms with Crippen molar-refractivity contribution in [3.8, 4) is 0 Å². The Morgan fingerprint density at radius 3 is 2.00 bits per heavy atom. The van der Waals surface area contributed by atoms with Crippen molar-refractivity contribution in [2.24, 2.45) is 5.41 Å². The normalized spacial score (nSPS) is 11.0. The van der Waals surface area contributed by atoms with Gasteiger partial charge in [0.1, 0.15) is 19.0 Å². The number of carbonyl (C=O) groups excluding carboxylic acids is 1. The molecule has 0 fully saturated rings. The molecule has 0 saturated carbocycles. The zero-order chi connectivity index (χ0) is 19.7. The van der Waals surface area contributed by atoms with E-state index in [4.69, 9.17) is 0 Å². The van der Waals surface area contributed by atoms with E-state index in [1.165, 1.54) is 12.1 Å². The Labute approximate surface area is 150 Å². The van der Waals surface area contributed by atoms with E-state index in [1.807, 2.05) is 0 Å². The fourth-order valence-electron chi connectivity index (χ4n) is 2.34. The Morgan fingerprint density at radius 2 is 1.58 bits per heavy atom. The van der Waals surface area contributed by atoms with Crippen molar-refractivity contribution in [3.63, 3.8) is 0 Å². The van der Waals surface area contributed by atoms with Crippen LogP contribution < -0.4 is 0 Å². The lowest BCUT2D eigenvalue weighted by Gasteiger charge is -2.17. The van der Waals surface area contributed by atoms with Crippen molar-refractivity contribution in [2.45, 2.75) is 59.7 Å². The highest BCUT2D eigenvalue weighted by Crippen LogP contribution is 2.22. The van der Waals surface area contributed by atoms with E-state index in [-0.39, 0.29) is 29.0 Å². The second-order valence-electron chi connectivity index (χ2n) is 7.08. The second kappa shape index (κ2) is 9.64. The first kappa shape index (κ1) is 21.3. The van der Waals surface area contributed by atoms with E-state index in [9.17, 15) is 25.0 Å². The van der Waals surface area contributed by atoms with Crippen LogP contribution in [0, 0.1) is 25.6 Å². The van der Waals surface area contributed by atoms with Crippen molar-refractivity contribution in [3.05, 3.63) is 49.3 Å². The summed E-state index contributed by atoms with van der Waals surface area (Å²) in [6.07, 6.45) is 2.21. The third-order valence-electron chi connectivity index (χ3n) is 3.41. The predicted molar refractivity (Wildman–Crippen MR) is 89.8 cm³/mol. The molecule has 0 amide bonds. The van der Waals surface area contributed by atoms with Crippen LogP contribution in [0.1, 0.15) is 57.0 Å². The molecule has 0 radical (unpaired) electrons. The number of Topliss-reactive ketones (excluding diaryl/α,β-unsaturated/α-hetero) is 1. The van der Waals surface area contributed by atoms with Crippen molar-refractivity contribution >= 4 is 5.78 Å². The maximum Gasteiger partial charge on any atom is 0.294 e. The summed E-state index contributed by atoms with van der Waals surface area (Å²) in [6, 6.07) is 3.03. The highest BCUT2D eigenvalue weighted by molar-refractivity contribution is 5.80. The van der Waals surface area contributed by atoms with Crippen LogP contribution in [0.2, 0.25) is 0 Å². The average Bonchev–Trinajstić information content (AvgIpc) is 2.49. The average molecular weight is 369 g/mol. The molecule has 26 heavy (non-hydrogen) atoms. The monoisotopic (exact) mass is 369 g/mol. The summed E-state index contributed by atoms with van der Waals surface area (Å²) in [7, 11) is 0. The van der Waals surface area contributed by atoms with Gasteiger partial charge >= 0.3 is 0 Å². The summed E-state index contributed by atoms with van der Waals surface area (Å²) in [4.78, 5) is 45.3. The molecule has 0 aliphatic rings. The van der Waals surface area contributed by atoms with Crippen LogP contribution in [0.25, 0.3) is 0 Å². The Bertz CT molecular complexity index is 619. The van der Waals surface area contributed by atoms with E-state index in [0.29, 0.717) is 12.0 Å². The first-order valence-corrected chi connectivity index (χ1v) is 8.10. The molecule has 144 valence electrons. The van der Waals surface area contributed by atoms with Crippen molar-refractivity contribution in [1.82, 2.24) is 4.98 Å². The molecule has 0 atom stereocenters. The van der Waals surface area contributed by atoms with Crippen LogP contribution in [0.4, 0.5) is 0 Å². The standard InChI is InChI=1S/C16H23N3O7/c1-16(2,3)6-4-5-15(20)9-12-7-13(10-25-18(21)22)17-14(8-12)11-26-19(23)24/h7-8H,4-6,9-11H2,1-3H3. The van der Waals surface area contributed by atoms with Crippen LogP contribution in [-0.4, -0.2) is 20.9 Å². The minimum atomic E-state index is -0.959. The maximum absolute atomic E-state index is 12.2. The Balaban J connectivity index is 2.78. The number of nitrogens with zero attached hydrogens (tertiary/aromatic N) is 3. The van der Waals surface area contributed by atoms with Gasteiger partial charge in [0.2, 0.25) is 0 Å². The topological polar surface area (TPSA) is 135 Å². The van der Waals surface area contributed by atoms with Gasteiger partial charge in [-0.3, -0.25) is 9.78 Å². The van der Waals surface area contributed by atoms with Crippen molar-refractivity contribution in [1.29, 1.82) is 0 Å². The molecule has 1 aromatic heterocycles. The first-order valence-electron chi connectivity index (χ1n) is 8.10. The van der Waals surface area contributed by atoms with E-state index in [0.717, 1.165) is 12.8 Å². The second-order valence-corrected chi connectivity index (χ2v) is 7.08. The predicted octanol–water partition coefficient (Wildman–Crippen LogP) is 2.83. The molecule has 0 N–H and O–H groups in total. The van der Waals surface area contributed by atoms with Gasteiger partial charge in [-0.25, -0.2) is 0 Å². The summed E-state index contributed by atoms with van der Waals surface area (Å²) < 4.78 is 0. The molecule has 1 heterocycles. The summed E-state index contributed by atoms with van der Waals surface area (Å²) in [5, 5.41) is 18.7. The smallest absolute Gasteiger partial charge is 0.294 e. The third kappa shape index (κ3) is 9.50. The number of hydrogen-bond donors (Lipinski definition) is 0. The zero-order valence-electron chi connectivity index (χ0n) is 15.1. The summed E-state index contributed by atoms with van der Waals surface area (Å²) in [5.74, 6) is 0.0164. The largest absolute Gasteiger partial charge is 0.307 e. The quantitative estimate of drug-likeness (QED) is 0.429. The molecule has 0 spiro atoms. The van der Waals surface area contributed by atoms with Gasteiger partial charge in [-0.05, 0) is 36.0 Å². The number of ketones is 1. The van der Waals surface area contributed by atoms with E-state index in [2.05, 4.69) is 35.4 Å². The van der Waals surface area contributed by atoms with Crippen LogP contribution >= 0.6 is 0 Å². The molecular weight excluding hydrogens is 346 g/mol. The highest BCUT2D eigenvalue weighted by atomic mass is 17.0. The lowest BCUT2D eigenvalue weighted by Crippen LogP contribution is -2.10. The Morgan fingerprint density at radius 1 is 1.08 bits per heavy atom. The molecule has 1 rings (SSSR count). The molecule has 0 unspecified atom stereocenters. The van der Waals surface area contributed by atoms with Gasteiger partial charge in [0, 0.05) is 12.8 Å². The SMILES string of the molecule is CC(C)(C)CCCC(=O)Cc1cc(CO[N+](=O)[O-])nc(CO[N+](=O)[O-])c1. The van der Waals surface area contributed by atoms with Crippen LogP contribution in [0.5, 0.6) is 0 Å². The van der Waals surface area contributed by atoms with Gasteiger partial charge in [-0.1, -0.05) is 20.8 Å². The molecule has 0 bridgehead atoms. The number of pyridine rings is 1. The van der Waals surface area contributed by atoms with Crippen molar-refractivity contribution < 1.29 is 24.6 Å². The lowest BCUT2D eigenvalue weighted by molar-refractivity contribution is -0.763. The molecule has 0 aliphatic heterocycles. The van der Waals surface area contributed by atoms with Crippen LogP contribution in [-0.2, 0) is 34.1 Å². The Hall–Kier alpha value is -2.78. The summed E-state index contributed by atoms with van der Waals surface area (Å²) in [6.45, 7) is 5.48. The van der Waals surface area contributed by atoms with Crippen LogP contribution in [0.15, 0.2) is 12.1 Å². The minimum absolute atomic E-state index is 0.0164. The van der Waals surface area contributed by atoms with Gasteiger partial charge in [-0.2, -0.15) is 0 Å². The minimum Gasteiger partial charge on any atom is -0.307 e. The molecule has 1 aromatic rings. The fraction of sp³-hybridized carbons (Fsp3) is 0.625. The highest BCUT2D eigenvalue weighted by Gasteiger charge is 2.13. The number of rotatable bonds is 11. The van der Waals surface area contributed by atoms with Gasteiger partial charge in [0.15, 0.2) is 0 Å². The van der Waals surface area contributed by atoms with Gasteiger partial charge < -0.3 is 9.68 Å². The van der Waals surface area contributed by atoms with E-state index >= 15 is 0 Å².